The smallest absolute Gasteiger partial charge is 0.432 e. The Balaban J connectivity index is 1.54. The quantitative estimate of drug-likeness (QED) is 0.0468. The highest BCUT2D eigenvalue weighted by molar-refractivity contribution is 7.51. The summed E-state index contributed by atoms with van der Waals surface area (Å²) in [6.45, 7) is 1.39. The average molecular weight is 719 g/mol. The SMILES string of the molecule is CC/C=C\C/C=C\C/C=C\C/C=C\CCCCC(=O)O[C@@H]1[C@H](O)[C@@H](COP(=O)(O)NC(=O)[C@@H](N)CC(N)=O)O[C@H]1n1cnc2c(N)ncnc21. The summed E-state index contributed by atoms with van der Waals surface area (Å²) in [5.74, 6) is -2.56. The Kier molecular flexibility index (Phi) is 16.4. The summed E-state index contributed by atoms with van der Waals surface area (Å²) in [4.78, 5) is 58.4. The van der Waals surface area contributed by atoms with E-state index in [2.05, 4.69) is 70.5 Å². The molecule has 17 nitrogen and oxygen atoms in total. The van der Waals surface area contributed by atoms with Gasteiger partial charge >= 0.3 is 13.7 Å². The van der Waals surface area contributed by atoms with E-state index < -0.39 is 69.1 Å². The lowest BCUT2D eigenvalue weighted by Crippen LogP contribution is -2.42. The molecule has 3 rings (SSSR count). The molecule has 1 aliphatic heterocycles. The minimum atomic E-state index is -4.84. The van der Waals surface area contributed by atoms with E-state index in [0.29, 0.717) is 6.42 Å². The van der Waals surface area contributed by atoms with E-state index in [1.54, 1.807) is 5.09 Å². The van der Waals surface area contributed by atoms with Crippen LogP contribution in [0, 0.1) is 0 Å². The van der Waals surface area contributed by atoms with Crippen LogP contribution in [0.2, 0.25) is 0 Å². The number of aromatic nitrogens is 4. The van der Waals surface area contributed by atoms with Crippen molar-refractivity contribution in [1.82, 2.24) is 24.6 Å². The number of ether oxygens (including phenoxy) is 2. The number of anilines is 1. The lowest BCUT2D eigenvalue weighted by Gasteiger charge is -2.22. The van der Waals surface area contributed by atoms with E-state index in [9.17, 15) is 28.9 Å². The number of unbranched alkanes of at least 4 members (excludes halogenated alkanes) is 2. The van der Waals surface area contributed by atoms with E-state index in [4.69, 9.17) is 31.2 Å². The Morgan fingerprint density at radius 2 is 1.72 bits per heavy atom. The van der Waals surface area contributed by atoms with Gasteiger partial charge in [-0.2, -0.15) is 0 Å². The Hall–Kier alpha value is -4.25. The van der Waals surface area contributed by atoms with E-state index in [1.165, 1.54) is 17.2 Å². The molecule has 50 heavy (non-hydrogen) atoms. The Morgan fingerprint density at radius 3 is 2.38 bits per heavy atom. The van der Waals surface area contributed by atoms with Crippen LogP contribution >= 0.6 is 7.75 Å². The minimum Gasteiger partial charge on any atom is -0.455 e. The van der Waals surface area contributed by atoms with Crippen molar-refractivity contribution in [3.05, 3.63) is 61.3 Å². The standard InChI is InChI=1S/C32H47N8O9P/c1-2-3-4-5-6-7-8-9-10-11-12-13-14-15-16-17-25(42)49-28-27(43)23(19-47-50(45,46)39-31(44)22(33)18-24(34)41)48-32(28)40-21-38-26-29(35)36-20-37-30(26)40/h3-4,6-7,9-10,12-13,20-23,27-28,32,43H,2,5,8,11,14-19,33H2,1H3,(H2,34,41)(H2,35,36,37)(H2,39,44,45,46)/b4-3-,7-6-,10-9-,13-12-/t22-,23+,27+,28+,32+/m0/s1. The Labute approximate surface area is 290 Å². The molecule has 0 aliphatic carbocycles. The third-order valence-electron chi connectivity index (χ3n) is 7.39. The van der Waals surface area contributed by atoms with Gasteiger partial charge in [-0.3, -0.25) is 28.6 Å². The van der Waals surface area contributed by atoms with Crippen molar-refractivity contribution in [3.63, 3.8) is 0 Å². The van der Waals surface area contributed by atoms with Crippen molar-refractivity contribution >= 4 is 42.5 Å². The Bertz CT molecular complexity index is 1590. The number of imidazole rings is 1. The normalized spacial score (nSPS) is 21.4. The van der Waals surface area contributed by atoms with Crippen molar-refractivity contribution in [2.24, 2.45) is 11.5 Å². The molecular weight excluding hydrogens is 671 g/mol. The molecule has 2 aromatic heterocycles. The first-order valence-electron chi connectivity index (χ1n) is 16.3. The number of nitrogens with zero attached hydrogens (tertiary/aromatic N) is 4. The van der Waals surface area contributed by atoms with Gasteiger partial charge in [0.1, 0.15) is 24.1 Å². The molecule has 3 heterocycles. The summed E-state index contributed by atoms with van der Waals surface area (Å²) in [7, 11) is -4.84. The van der Waals surface area contributed by atoms with E-state index in [-0.39, 0.29) is 23.4 Å². The molecule has 0 radical (unpaired) electrons. The molecule has 0 bridgehead atoms. The number of esters is 1. The molecule has 0 aromatic carbocycles. The largest absolute Gasteiger partial charge is 0.455 e. The third-order valence-corrected chi connectivity index (χ3v) is 8.39. The number of carbonyl (C=O) groups is 3. The molecule has 0 spiro atoms. The number of aliphatic hydroxyl groups excluding tert-OH is 1. The summed E-state index contributed by atoms with van der Waals surface area (Å²) in [6, 6.07) is -1.49. The number of hydrogen-bond donors (Lipinski definition) is 6. The zero-order valence-corrected chi connectivity index (χ0v) is 28.8. The van der Waals surface area contributed by atoms with Crippen LogP contribution < -0.4 is 22.3 Å². The molecule has 0 saturated carbocycles. The second kappa shape index (κ2) is 20.4. The first-order chi connectivity index (χ1) is 23.9. The number of nitrogen functional groups attached to an aromatic ring is 1. The van der Waals surface area contributed by atoms with Crippen LogP contribution in [0.3, 0.4) is 0 Å². The molecule has 18 heteroatoms. The van der Waals surface area contributed by atoms with Gasteiger partial charge in [0.05, 0.1) is 25.4 Å². The van der Waals surface area contributed by atoms with Crippen LogP contribution in [-0.2, 0) is 32.9 Å². The monoisotopic (exact) mass is 718 g/mol. The van der Waals surface area contributed by atoms with E-state index in [1.807, 2.05) is 0 Å². The minimum absolute atomic E-state index is 0.0633. The predicted octanol–water partition coefficient (Wildman–Crippen LogP) is 2.38. The maximum Gasteiger partial charge on any atom is 0.432 e. The number of allylic oxidation sites excluding steroid dienone is 8. The van der Waals surface area contributed by atoms with Crippen LogP contribution in [0.25, 0.3) is 11.2 Å². The summed E-state index contributed by atoms with van der Waals surface area (Å²) < 4.78 is 30.5. The fourth-order valence-electron chi connectivity index (χ4n) is 4.84. The van der Waals surface area contributed by atoms with E-state index >= 15 is 0 Å². The van der Waals surface area contributed by atoms with Crippen molar-refractivity contribution in [1.29, 1.82) is 0 Å². The molecule has 274 valence electrons. The lowest BCUT2D eigenvalue weighted by molar-refractivity contribution is -0.158. The van der Waals surface area contributed by atoms with Gasteiger partial charge in [-0.15, -0.1) is 0 Å². The van der Waals surface area contributed by atoms with Gasteiger partial charge in [0.25, 0.3) is 0 Å². The van der Waals surface area contributed by atoms with Crippen molar-refractivity contribution in [2.75, 3.05) is 12.3 Å². The number of rotatable bonds is 21. The second-order valence-electron chi connectivity index (χ2n) is 11.4. The summed E-state index contributed by atoms with van der Waals surface area (Å²) >= 11 is 0. The number of aliphatic hydroxyl groups is 1. The van der Waals surface area contributed by atoms with Gasteiger partial charge in [0, 0.05) is 6.42 Å². The second-order valence-corrected chi connectivity index (χ2v) is 12.9. The van der Waals surface area contributed by atoms with Crippen LogP contribution in [0.15, 0.2) is 61.3 Å². The number of nitrogens with one attached hydrogen (secondary N) is 1. The summed E-state index contributed by atoms with van der Waals surface area (Å²) in [5.41, 5.74) is 16.9. The zero-order chi connectivity index (χ0) is 36.5. The third kappa shape index (κ3) is 12.9. The average Bonchev–Trinajstić information content (AvgIpc) is 3.62. The highest BCUT2D eigenvalue weighted by Crippen LogP contribution is 2.40. The van der Waals surface area contributed by atoms with Crippen LogP contribution in [0.5, 0.6) is 0 Å². The predicted molar refractivity (Wildman–Crippen MR) is 184 cm³/mol. The van der Waals surface area contributed by atoms with Crippen LogP contribution in [0.1, 0.15) is 70.9 Å². The molecule has 1 saturated heterocycles. The highest BCUT2D eigenvalue weighted by Gasteiger charge is 2.48. The first kappa shape index (κ1) is 40.2. The van der Waals surface area contributed by atoms with Crippen LogP contribution in [-0.4, -0.2) is 78.3 Å². The maximum atomic E-state index is 12.9. The van der Waals surface area contributed by atoms with Gasteiger partial charge < -0.3 is 36.7 Å². The molecule has 9 N–H and O–H groups in total. The zero-order valence-electron chi connectivity index (χ0n) is 28.0. The van der Waals surface area contributed by atoms with Gasteiger partial charge in [-0.05, 0) is 44.9 Å². The fraction of sp³-hybridized carbons (Fsp3) is 0.500. The number of amides is 2. The number of hydrogen-bond acceptors (Lipinski definition) is 13. The molecule has 6 atom stereocenters. The van der Waals surface area contributed by atoms with Gasteiger partial charge in [0.2, 0.25) is 11.8 Å². The molecule has 1 aliphatic rings. The fourth-order valence-corrected chi connectivity index (χ4v) is 5.70. The molecule has 2 amide bonds. The highest BCUT2D eigenvalue weighted by atomic mass is 31.2. The van der Waals surface area contributed by atoms with Gasteiger partial charge in [-0.1, -0.05) is 55.5 Å². The van der Waals surface area contributed by atoms with Crippen molar-refractivity contribution < 1.29 is 42.9 Å². The van der Waals surface area contributed by atoms with Crippen molar-refractivity contribution in [2.45, 2.75) is 95.3 Å². The number of fused-ring (bicyclic) bond motifs is 1. The number of primary amides is 1. The Morgan fingerprint density at radius 1 is 1.06 bits per heavy atom. The van der Waals surface area contributed by atoms with Crippen LogP contribution in [0.4, 0.5) is 5.82 Å². The molecular formula is C32H47N8O9P. The molecule has 2 aromatic rings. The maximum absolute atomic E-state index is 12.9. The molecule has 1 unspecified atom stereocenters. The lowest BCUT2D eigenvalue weighted by atomic mass is 10.1. The first-order valence-corrected chi connectivity index (χ1v) is 17.9. The van der Waals surface area contributed by atoms with E-state index in [0.717, 1.165) is 38.5 Å². The summed E-state index contributed by atoms with van der Waals surface area (Å²) in [5, 5.41) is 12.8. The number of carbonyl (C=O) groups excluding carboxylic acids is 3. The molecule has 1 fully saturated rings. The van der Waals surface area contributed by atoms with Gasteiger partial charge in [0.15, 0.2) is 23.8 Å². The summed E-state index contributed by atoms with van der Waals surface area (Å²) in [6.07, 6.45) is 19.3. The van der Waals surface area contributed by atoms with Gasteiger partial charge in [-0.25, -0.2) is 19.5 Å². The number of nitrogens with two attached hydrogens (primary N) is 3. The topological polar surface area (TPSA) is 270 Å². The van der Waals surface area contributed by atoms with Crippen molar-refractivity contribution in [3.8, 4) is 0 Å².